The third kappa shape index (κ3) is 5.87. The van der Waals surface area contributed by atoms with Crippen LogP contribution in [-0.2, 0) is 0 Å². The second-order valence-electron chi connectivity index (χ2n) is 12.6. The summed E-state index contributed by atoms with van der Waals surface area (Å²) in [4.78, 5) is 7.23. The zero-order chi connectivity index (χ0) is 34.1. The van der Waals surface area contributed by atoms with Crippen molar-refractivity contribution >= 4 is 46.2 Å². The van der Waals surface area contributed by atoms with Crippen molar-refractivity contribution < 1.29 is 0 Å². The second-order valence-corrected chi connectivity index (χ2v) is 14.8. The van der Waals surface area contributed by atoms with Crippen LogP contribution >= 0.6 is 23.5 Å². The van der Waals surface area contributed by atoms with E-state index in [9.17, 15) is 0 Å². The zero-order valence-corrected chi connectivity index (χ0v) is 29.6. The standard InChI is InChI=1S/C47H34N2S2/c1-32-15-10-12-30-49(34-16-3-2-4-17-34)47-35(32)20-13-22-39(47)38-21-14-26-44-46(38)40-19-6-8-25-43(40)50-42-24-7-5-18-36(42)37-28-27-33(31-45(37)51-44)41-23-9-11-29-48-41/h2-28,30-31,48H,1,29H2/b15-10-,30-12-. The summed E-state index contributed by atoms with van der Waals surface area (Å²) in [7, 11) is 0. The second kappa shape index (κ2) is 13.6. The molecule has 0 amide bonds. The van der Waals surface area contributed by atoms with E-state index in [1.54, 1.807) is 0 Å². The van der Waals surface area contributed by atoms with Gasteiger partial charge < -0.3 is 10.2 Å². The summed E-state index contributed by atoms with van der Waals surface area (Å²) in [6.45, 7) is 5.35. The number of fused-ring (bicyclic) bond motifs is 7. The van der Waals surface area contributed by atoms with Crippen molar-refractivity contribution in [3.8, 4) is 33.4 Å². The number of hydrogen-bond acceptors (Lipinski definition) is 4. The molecule has 4 heteroatoms. The number of rotatable bonds is 3. The molecule has 0 saturated heterocycles. The Morgan fingerprint density at radius 1 is 0.549 bits per heavy atom. The average molecular weight is 691 g/mol. The highest BCUT2D eigenvalue weighted by molar-refractivity contribution is 8.00. The average Bonchev–Trinajstić information content (AvgIpc) is 3.18. The molecule has 244 valence electrons. The van der Waals surface area contributed by atoms with E-state index in [1.807, 2.05) is 23.5 Å². The number of dihydropyridines is 1. The van der Waals surface area contributed by atoms with Crippen molar-refractivity contribution in [3.63, 3.8) is 0 Å². The third-order valence-corrected chi connectivity index (χ3v) is 11.8. The minimum atomic E-state index is 0.831. The highest BCUT2D eigenvalue weighted by atomic mass is 32.2. The minimum absolute atomic E-state index is 0.831. The van der Waals surface area contributed by atoms with Crippen LogP contribution < -0.4 is 10.2 Å². The lowest BCUT2D eigenvalue weighted by Crippen LogP contribution is -2.14. The largest absolute Gasteiger partial charge is 0.381 e. The summed E-state index contributed by atoms with van der Waals surface area (Å²) in [6, 6.07) is 48.7. The predicted octanol–water partition coefficient (Wildman–Crippen LogP) is 13.0. The van der Waals surface area contributed by atoms with Gasteiger partial charge in [0.05, 0.1) is 5.69 Å². The molecule has 3 aliphatic rings. The molecule has 0 spiro atoms. The molecule has 0 aliphatic carbocycles. The molecular formula is C47H34N2S2. The van der Waals surface area contributed by atoms with Gasteiger partial charge in [0.1, 0.15) is 0 Å². The quantitative estimate of drug-likeness (QED) is 0.198. The molecule has 0 bridgehead atoms. The summed E-state index contributed by atoms with van der Waals surface area (Å²) in [5.41, 5.74) is 13.9. The van der Waals surface area contributed by atoms with Crippen LogP contribution in [0.1, 0.15) is 11.1 Å². The van der Waals surface area contributed by atoms with Gasteiger partial charge in [-0.2, -0.15) is 0 Å². The van der Waals surface area contributed by atoms with Gasteiger partial charge in [0, 0.05) is 60.4 Å². The van der Waals surface area contributed by atoms with Gasteiger partial charge in [-0.15, -0.1) is 0 Å². The van der Waals surface area contributed by atoms with Crippen LogP contribution in [0.15, 0.2) is 202 Å². The van der Waals surface area contributed by atoms with Gasteiger partial charge in [0.25, 0.3) is 0 Å². The van der Waals surface area contributed by atoms with E-state index in [-0.39, 0.29) is 0 Å². The molecule has 0 unspecified atom stereocenters. The molecular weight excluding hydrogens is 657 g/mol. The summed E-state index contributed by atoms with van der Waals surface area (Å²) in [5, 5.41) is 3.57. The Hall–Kier alpha value is -5.68. The highest BCUT2D eigenvalue weighted by Crippen LogP contribution is 2.53. The topological polar surface area (TPSA) is 15.3 Å². The Bertz CT molecular complexity index is 2450. The number of allylic oxidation sites excluding steroid dienone is 6. The van der Waals surface area contributed by atoms with Crippen molar-refractivity contribution in [1.29, 1.82) is 0 Å². The van der Waals surface area contributed by atoms with Crippen molar-refractivity contribution in [3.05, 3.63) is 194 Å². The van der Waals surface area contributed by atoms with Gasteiger partial charge in [-0.3, -0.25) is 0 Å². The lowest BCUT2D eigenvalue weighted by molar-refractivity contribution is 0.994. The first kappa shape index (κ1) is 31.3. The first-order valence-corrected chi connectivity index (χ1v) is 18.8. The van der Waals surface area contributed by atoms with E-state index >= 15 is 0 Å². The van der Waals surface area contributed by atoms with Gasteiger partial charge >= 0.3 is 0 Å². The van der Waals surface area contributed by atoms with Crippen LogP contribution in [0.3, 0.4) is 0 Å². The number of nitrogens with one attached hydrogen (secondary N) is 1. The minimum Gasteiger partial charge on any atom is -0.381 e. The van der Waals surface area contributed by atoms with E-state index in [0.29, 0.717) is 0 Å². The first-order valence-electron chi connectivity index (χ1n) is 17.2. The van der Waals surface area contributed by atoms with E-state index < -0.39 is 0 Å². The molecule has 9 rings (SSSR count). The number of nitrogens with zero attached hydrogens (tertiary/aromatic N) is 1. The van der Waals surface area contributed by atoms with Crippen molar-refractivity contribution in [2.24, 2.45) is 0 Å². The molecule has 0 saturated carbocycles. The maximum Gasteiger partial charge on any atom is 0.0612 e. The fourth-order valence-electron chi connectivity index (χ4n) is 7.11. The molecule has 1 N–H and O–H groups in total. The molecule has 0 fully saturated rings. The summed E-state index contributed by atoms with van der Waals surface area (Å²) in [6.07, 6.45) is 14.9. The molecule has 3 aliphatic heterocycles. The lowest BCUT2D eigenvalue weighted by Gasteiger charge is -2.29. The fourth-order valence-corrected chi connectivity index (χ4v) is 9.38. The summed E-state index contributed by atoms with van der Waals surface area (Å²) < 4.78 is 0. The molecule has 6 aromatic rings. The van der Waals surface area contributed by atoms with Gasteiger partial charge in [-0.05, 0) is 81.9 Å². The first-order chi connectivity index (χ1) is 25.2. The molecule has 6 aromatic carbocycles. The van der Waals surface area contributed by atoms with E-state index in [4.69, 9.17) is 0 Å². The Balaban J connectivity index is 1.32. The van der Waals surface area contributed by atoms with Gasteiger partial charge in [-0.1, -0.05) is 151 Å². The Morgan fingerprint density at radius 3 is 2.06 bits per heavy atom. The molecule has 51 heavy (non-hydrogen) atoms. The molecule has 2 nitrogen and oxygen atoms in total. The lowest BCUT2D eigenvalue weighted by atomic mass is 9.89. The van der Waals surface area contributed by atoms with Crippen LogP contribution in [0, 0.1) is 0 Å². The number of hydrogen-bond donors (Lipinski definition) is 1. The summed E-state index contributed by atoms with van der Waals surface area (Å²) >= 11 is 3.71. The maximum atomic E-state index is 4.52. The van der Waals surface area contributed by atoms with Gasteiger partial charge in [0.2, 0.25) is 0 Å². The van der Waals surface area contributed by atoms with Crippen molar-refractivity contribution in [2.45, 2.75) is 19.6 Å². The van der Waals surface area contributed by atoms with Crippen LogP contribution in [0.5, 0.6) is 0 Å². The predicted molar refractivity (Wildman–Crippen MR) is 218 cm³/mol. The number of para-hydroxylation sites is 2. The van der Waals surface area contributed by atoms with Crippen molar-refractivity contribution in [1.82, 2.24) is 5.32 Å². The maximum absolute atomic E-state index is 4.52. The van der Waals surface area contributed by atoms with Gasteiger partial charge in [-0.25, -0.2) is 0 Å². The van der Waals surface area contributed by atoms with Crippen molar-refractivity contribution in [2.75, 3.05) is 11.4 Å². The Kier molecular flexibility index (Phi) is 8.32. The number of anilines is 2. The summed E-state index contributed by atoms with van der Waals surface area (Å²) in [5.74, 6) is 0. The SMILES string of the molecule is C=C1/C=C\C=C/N(c2ccccc2)c2c1cccc2-c1cccc2c1-c1ccccc1Sc1ccccc1-c1ccc(C3=CC=CCN3)cc1S2. The van der Waals surface area contributed by atoms with Crippen LogP contribution in [0.2, 0.25) is 0 Å². The highest BCUT2D eigenvalue weighted by Gasteiger charge is 2.25. The Morgan fingerprint density at radius 2 is 1.22 bits per heavy atom. The van der Waals surface area contributed by atoms with E-state index in [1.165, 1.54) is 53.0 Å². The smallest absolute Gasteiger partial charge is 0.0612 e. The third-order valence-electron chi connectivity index (χ3n) is 9.49. The van der Waals surface area contributed by atoms with E-state index in [2.05, 4.69) is 193 Å². The van der Waals surface area contributed by atoms with Gasteiger partial charge in [0.15, 0.2) is 0 Å². The molecule has 3 heterocycles. The molecule has 0 aromatic heterocycles. The molecule has 0 atom stereocenters. The normalized spacial score (nSPS) is 15.7. The number of benzene rings is 6. The van der Waals surface area contributed by atoms with E-state index in [0.717, 1.165) is 40.3 Å². The Labute approximate surface area is 308 Å². The zero-order valence-electron chi connectivity index (χ0n) is 27.9. The van der Waals surface area contributed by atoms with Crippen LogP contribution in [0.25, 0.3) is 44.7 Å². The van der Waals surface area contributed by atoms with Crippen LogP contribution in [-0.4, -0.2) is 6.54 Å². The monoisotopic (exact) mass is 690 g/mol. The molecule has 0 radical (unpaired) electrons. The van der Waals surface area contributed by atoms with Crippen LogP contribution in [0.4, 0.5) is 11.4 Å². The fraction of sp³-hybridized carbons (Fsp3) is 0.0213.